The molecule has 0 saturated heterocycles. The Morgan fingerprint density at radius 1 is 1.20 bits per heavy atom. The van der Waals surface area contributed by atoms with Gasteiger partial charge in [-0.05, 0) is 13.3 Å². The SMILES string of the molecule is CCCCCC[C@H](O)[C@@H](O)C(=O)OCC. The van der Waals surface area contributed by atoms with Gasteiger partial charge in [0.05, 0.1) is 12.7 Å². The molecule has 0 aliphatic carbocycles. The Morgan fingerprint density at radius 2 is 1.87 bits per heavy atom. The van der Waals surface area contributed by atoms with E-state index in [-0.39, 0.29) is 6.61 Å². The van der Waals surface area contributed by atoms with Crippen LogP contribution in [-0.2, 0) is 9.53 Å². The van der Waals surface area contributed by atoms with Crippen molar-refractivity contribution in [1.82, 2.24) is 0 Å². The number of aliphatic hydroxyl groups excluding tert-OH is 2. The summed E-state index contributed by atoms with van der Waals surface area (Å²) in [6.07, 6.45) is 2.13. The van der Waals surface area contributed by atoms with Crippen molar-refractivity contribution in [2.75, 3.05) is 6.61 Å². The molecule has 2 N–H and O–H groups in total. The second kappa shape index (κ2) is 8.68. The standard InChI is InChI=1S/C11H22O4/c1-3-5-6-7-8-9(12)10(13)11(14)15-4-2/h9-10,12-13H,3-8H2,1-2H3/t9-,10+/m0/s1. The van der Waals surface area contributed by atoms with E-state index in [2.05, 4.69) is 11.7 Å². The smallest absolute Gasteiger partial charge is 0.337 e. The van der Waals surface area contributed by atoms with Crippen LogP contribution in [0.2, 0.25) is 0 Å². The van der Waals surface area contributed by atoms with E-state index in [0.717, 1.165) is 25.7 Å². The van der Waals surface area contributed by atoms with Gasteiger partial charge < -0.3 is 14.9 Å². The Kier molecular flexibility index (Phi) is 8.33. The molecule has 0 amide bonds. The number of hydrogen-bond acceptors (Lipinski definition) is 4. The summed E-state index contributed by atoms with van der Waals surface area (Å²) in [4.78, 5) is 11.0. The van der Waals surface area contributed by atoms with Gasteiger partial charge in [-0.3, -0.25) is 0 Å². The summed E-state index contributed by atoms with van der Waals surface area (Å²) in [5, 5.41) is 18.8. The van der Waals surface area contributed by atoms with Crippen molar-refractivity contribution in [3.05, 3.63) is 0 Å². The number of carbonyl (C=O) groups excluding carboxylic acids is 1. The molecule has 0 unspecified atom stereocenters. The van der Waals surface area contributed by atoms with Crippen molar-refractivity contribution in [2.24, 2.45) is 0 Å². The predicted molar refractivity (Wildman–Crippen MR) is 57.4 cm³/mol. The van der Waals surface area contributed by atoms with Crippen LogP contribution in [0.25, 0.3) is 0 Å². The maximum Gasteiger partial charge on any atom is 0.337 e. The largest absolute Gasteiger partial charge is 0.464 e. The molecule has 0 radical (unpaired) electrons. The van der Waals surface area contributed by atoms with E-state index < -0.39 is 18.2 Å². The zero-order valence-corrected chi connectivity index (χ0v) is 9.61. The van der Waals surface area contributed by atoms with Gasteiger partial charge in [0, 0.05) is 0 Å². The first-order valence-electron chi connectivity index (χ1n) is 5.66. The lowest BCUT2D eigenvalue weighted by molar-refractivity contribution is -0.159. The number of hydrogen-bond donors (Lipinski definition) is 2. The molecule has 0 aromatic carbocycles. The number of rotatable bonds is 8. The van der Waals surface area contributed by atoms with Crippen LogP contribution in [0.15, 0.2) is 0 Å². The molecule has 0 bridgehead atoms. The number of ether oxygens (including phenoxy) is 1. The molecule has 4 nitrogen and oxygen atoms in total. The van der Waals surface area contributed by atoms with Crippen LogP contribution < -0.4 is 0 Å². The van der Waals surface area contributed by atoms with E-state index in [4.69, 9.17) is 0 Å². The van der Waals surface area contributed by atoms with E-state index in [1.807, 2.05) is 0 Å². The van der Waals surface area contributed by atoms with E-state index in [1.54, 1.807) is 6.92 Å². The first kappa shape index (κ1) is 14.4. The number of unbranched alkanes of at least 4 members (excludes halogenated alkanes) is 3. The zero-order valence-electron chi connectivity index (χ0n) is 9.61. The highest BCUT2D eigenvalue weighted by molar-refractivity contribution is 5.75. The van der Waals surface area contributed by atoms with Gasteiger partial charge in [0.25, 0.3) is 0 Å². The minimum atomic E-state index is -1.40. The van der Waals surface area contributed by atoms with Crippen LogP contribution in [-0.4, -0.2) is 35.0 Å². The average Bonchev–Trinajstić information content (AvgIpc) is 2.23. The van der Waals surface area contributed by atoms with Gasteiger partial charge in [-0.15, -0.1) is 0 Å². The van der Waals surface area contributed by atoms with Gasteiger partial charge >= 0.3 is 5.97 Å². The van der Waals surface area contributed by atoms with Crippen LogP contribution >= 0.6 is 0 Å². The molecule has 0 fully saturated rings. The topological polar surface area (TPSA) is 66.8 Å². The van der Waals surface area contributed by atoms with Crippen LogP contribution in [0.1, 0.15) is 46.0 Å². The fourth-order valence-corrected chi connectivity index (χ4v) is 1.32. The minimum absolute atomic E-state index is 0.221. The van der Waals surface area contributed by atoms with Crippen LogP contribution in [0.5, 0.6) is 0 Å². The fourth-order valence-electron chi connectivity index (χ4n) is 1.32. The highest BCUT2D eigenvalue weighted by Gasteiger charge is 2.24. The summed E-state index contributed by atoms with van der Waals surface area (Å²) in [6, 6.07) is 0. The molecule has 0 aromatic rings. The van der Waals surface area contributed by atoms with Crippen molar-refractivity contribution in [3.63, 3.8) is 0 Å². The molecule has 0 spiro atoms. The maximum atomic E-state index is 11.0. The monoisotopic (exact) mass is 218 g/mol. The van der Waals surface area contributed by atoms with E-state index in [0.29, 0.717) is 6.42 Å². The highest BCUT2D eigenvalue weighted by Crippen LogP contribution is 2.09. The van der Waals surface area contributed by atoms with E-state index in [9.17, 15) is 15.0 Å². The van der Waals surface area contributed by atoms with Crippen molar-refractivity contribution in [2.45, 2.75) is 58.2 Å². The van der Waals surface area contributed by atoms with Crippen molar-refractivity contribution < 1.29 is 19.7 Å². The Hall–Kier alpha value is -0.610. The van der Waals surface area contributed by atoms with Crippen LogP contribution in [0.3, 0.4) is 0 Å². The molecule has 0 aliphatic rings. The van der Waals surface area contributed by atoms with E-state index in [1.165, 1.54) is 0 Å². The summed E-state index contributed by atoms with van der Waals surface area (Å²) in [5.74, 6) is -0.736. The van der Waals surface area contributed by atoms with Gasteiger partial charge in [0.15, 0.2) is 6.10 Å². The molecule has 0 aliphatic heterocycles. The second-order valence-electron chi connectivity index (χ2n) is 3.61. The fraction of sp³-hybridized carbons (Fsp3) is 0.909. The third-order valence-corrected chi connectivity index (χ3v) is 2.25. The first-order chi connectivity index (χ1) is 7.13. The maximum absolute atomic E-state index is 11.0. The van der Waals surface area contributed by atoms with Crippen molar-refractivity contribution in [3.8, 4) is 0 Å². The number of esters is 1. The molecule has 4 heteroatoms. The molecule has 15 heavy (non-hydrogen) atoms. The Bertz CT molecular complexity index is 170. The molecule has 0 saturated carbocycles. The molecule has 0 aromatic heterocycles. The summed E-state index contributed by atoms with van der Waals surface area (Å²) in [7, 11) is 0. The summed E-state index contributed by atoms with van der Waals surface area (Å²) in [6.45, 7) is 3.99. The number of carbonyl (C=O) groups is 1. The van der Waals surface area contributed by atoms with Gasteiger partial charge in [0.1, 0.15) is 0 Å². The summed E-state index contributed by atoms with van der Waals surface area (Å²) in [5.41, 5.74) is 0. The molecule has 0 rings (SSSR count). The van der Waals surface area contributed by atoms with E-state index >= 15 is 0 Å². The molecule has 90 valence electrons. The summed E-state index contributed by atoms with van der Waals surface area (Å²) >= 11 is 0. The quantitative estimate of drug-likeness (QED) is 0.475. The zero-order chi connectivity index (χ0) is 11.7. The molecular formula is C11H22O4. The number of aliphatic hydroxyl groups is 2. The lowest BCUT2D eigenvalue weighted by atomic mass is 10.1. The highest BCUT2D eigenvalue weighted by atomic mass is 16.5. The molecule has 2 atom stereocenters. The molecule has 0 heterocycles. The third kappa shape index (κ3) is 6.47. The van der Waals surface area contributed by atoms with Crippen LogP contribution in [0.4, 0.5) is 0 Å². The first-order valence-corrected chi connectivity index (χ1v) is 5.66. The summed E-state index contributed by atoms with van der Waals surface area (Å²) < 4.78 is 4.60. The minimum Gasteiger partial charge on any atom is -0.464 e. The lowest BCUT2D eigenvalue weighted by Crippen LogP contribution is -2.35. The van der Waals surface area contributed by atoms with Crippen molar-refractivity contribution >= 4 is 5.97 Å². The van der Waals surface area contributed by atoms with Gasteiger partial charge in [-0.2, -0.15) is 0 Å². The second-order valence-corrected chi connectivity index (χ2v) is 3.61. The molecular weight excluding hydrogens is 196 g/mol. The van der Waals surface area contributed by atoms with Gasteiger partial charge in [-0.1, -0.05) is 32.6 Å². The third-order valence-electron chi connectivity index (χ3n) is 2.25. The Morgan fingerprint density at radius 3 is 2.40 bits per heavy atom. The average molecular weight is 218 g/mol. The van der Waals surface area contributed by atoms with Crippen molar-refractivity contribution in [1.29, 1.82) is 0 Å². The van der Waals surface area contributed by atoms with Crippen LogP contribution in [0, 0.1) is 0 Å². The van der Waals surface area contributed by atoms with Gasteiger partial charge in [0.2, 0.25) is 0 Å². The normalized spacial score (nSPS) is 14.7. The Balaban J connectivity index is 3.68. The van der Waals surface area contributed by atoms with Gasteiger partial charge in [-0.25, -0.2) is 4.79 Å². The lowest BCUT2D eigenvalue weighted by Gasteiger charge is -2.15. The Labute approximate surface area is 91.3 Å². The predicted octanol–water partition coefficient (Wildman–Crippen LogP) is 1.24.